The van der Waals surface area contributed by atoms with Crippen LogP contribution in [0.25, 0.3) is 0 Å². The van der Waals surface area contributed by atoms with Crippen molar-refractivity contribution in [3.8, 4) is 0 Å². The van der Waals surface area contributed by atoms with Crippen molar-refractivity contribution in [2.24, 2.45) is 11.6 Å². The quantitative estimate of drug-likeness (QED) is 0.169. The van der Waals surface area contributed by atoms with Crippen LogP contribution in [0.1, 0.15) is 11.8 Å². The topological polar surface area (TPSA) is 105 Å². The van der Waals surface area contributed by atoms with Crippen molar-refractivity contribution in [2.75, 3.05) is 0 Å². The number of hydrogen-bond donors (Lipinski definition) is 4. The van der Waals surface area contributed by atoms with E-state index in [4.69, 9.17) is 11.1 Å². The minimum atomic E-state index is -0.218. The van der Waals surface area contributed by atoms with Gasteiger partial charge in [0.15, 0.2) is 0 Å². The van der Waals surface area contributed by atoms with Gasteiger partial charge in [-0.25, -0.2) is 5.84 Å². The zero-order valence-electron chi connectivity index (χ0n) is 7.20. The van der Waals surface area contributed by atoms with Crippen LogP contribution in [0, 0.1) is 5.41 Å². The molecule has 0 fully saturated rings. The van der Waals surface area contributed by atoms with Crippen molar-refractivity contribution in [3.05, 3.63) is 22.4 Å². The highest BCUT2D eigenvalue weighted by molar-refractivity contribution is 7.12. The van der Waals surface area contributed by atoms with Crippen LogP contribution in [-0.4, -0.2) is 11.7 Å². The van der Waals surface area contributed by atoms with Crippen LogP contribution >= 0.6 is 11.3 Å². The Labute approximate surface area is 80.2 Å². The van der Waals surface area contributed by atoms with Gasteiger partial charge in [0, 0.05) is 6.92 Å². The number of amidine groups is 1. The Morgan fingerprint density at radius 2 is 2.23 bits per heavy atom. The molecule has 1 heterocycles. The molecular weight excluding hydrogens is 188 g/mol. The fraction of sp³-hybridized carbons (Fsp3) is 0.143. The third-order valence-electron chi connectivity index (χ3n) is 0.990. The smallest absolute Gasteiger partial charge is 0.230 e. The highest BCUT2D eigenvalue weighted by Gasteiger charge is 1.92. The predicted octanol–water partition coefficient (Wildman–Crippen LogP) is 0.0284. The van der Waals surface area contributed by atoms with Crippen molar-refractivity contribution in [1.82, 2.24) is 5.43 Å². The summed E-state index contributed by atoms with van der Waals surface area (Å²) in [5.74, 6) is 4.51. The van der Waals surface area contributed by atoms with Crippen LogP contribution in [0.15, 0.2) is 17.5 Å². The zero-order valence-corrected chi connectivity index (χ0v) is 8.02. The van der Waals surface area contributed by atoms with E-state index in [1.165, 1.54) is 18.3 Å². The molecule has 5 nitrogen and oxygen atoms in total. The molecule has 0 saturated carbocycles. The maximum Gasteiger partial charge on any atom is 0.230 e. The Bertz CT molecular complexity index is 270. The van der Waals surface area contributed by atoms with Gasteiger partial charge in [-0.05, 0) is 11.4 Å². The summed E-state index contributed by atoms with van der Waals surface area (Å²) in [7, 11) is 0. The van der Waals surface area contributed by atoms with Crippen LogP contribution in [0.2, 0.25) is 0 Å². The van der Waals surface area contributed by atoms with Crippen molar-refractivity contribution in [3.63, 3.8) is 0 Å². The average molecular weight is 200 g/mol. The number of carbonyl (C=O) groups excluding carboxylic acids is 1. The van der Waals surface area contributed by atoms with E-state index in [1.54, 1.807) is 0 Å². The van der Waals surface area contributed by atoms with Crippen molar-refractivity contribution < 1.29 is 4.79 Å². The van der Waals surface area contributed by atoms with Gasteiger partial charge >= 0.3 is 0 Å². The molecule has 72 valence electrons. The number of nitrogens with two attached hydrogens (primary N) is 2. The lowest BCUT2D eigenvalue weighted by Crippen LogP contribution is -2.26. The molecular formula is C7H12N4OS. The van der Waals surface area contributed by atoms with Gasteiger partial charge in [-0.1, -0.05) is 6.07 Å². The number of nitrogens with one attached hydrogen (secondary N) is 2. The minimum absolute atomic E-state index is 0.153. The molecule has 6 heteroatoms. The second-order valence-corrected chi connectivity index (χ2v) is 3.04. The molecule has 0 aliphatic heterocycles. The van der Waals surface area contributed by atoms with E-state index < -0.39 is 0 Å². The molecule has 0 aliphatic rings. The molecule has 0 saturated heterocycles. The summed E-state index contributed by atoms with van der Waals surface area (Å²) < 4.78 is 0. The lowest BCUT2D eigenvalue weighted by atomic mass is 10.4. The molecule has 13 heavy (non-hydrogen) atoms. The number of nitrogen functional groups attached to an aromatic ring is 1. The summed E-state index contributed by atoms with van der Waals surface area (Å²) in [6, 6.07) is 3.70. The second-order valence-electron chi connectivity index (χ2n) is 2.09. The Balaban J connectivity index is 0.000000252. The number of amides is 1. The summed E-state index contributed by atoms with van der Waals surface area (Å²) in [6.07, 6.45) is 0. The van der Waals surface area contributed by atoms with E-state index in [0.717, 1.165) is 4.88 Å². The van der Waals surface area contributed by atoms with Gasteiger partial charge in [0.2, 0.25) is 5.91 Å². The van der Waals surface area contributed by atoms with Crippen LogP contribution in [0.3, 0.4) is 0 Å². The maximum atomic E-state index is 9.58. The molecule has 1 aromatic rings. The Kier molecular flexibility index (Phi) is 5.49. The highest BCUT2D eigenvalue weighted by atomic mass is 32.1. The summed E-state index contributed by atoms with van der Waals surface area (Å²) in [6.45, 7) is 1.35. The largest absolute Gasteiger partial charge is 0.383 e. The van der Waals surface area contributed by atoms with Gasteiger partial charge in [0.1, 0.15) is 5.84 Å². The van der Waals surface area contributed by atoms with Gasteiger partial charge in [-0.3, -0.25) is 15.6 Å². The normalized spacial score (nSPS) is 8.15. The zero-order chi connectivity index (χ0) is 10.3. The number of carbonyl (C=O) groups is 1. The highest BCUT2D eigenvalue weighted by Crippen LogP contribution is 2.05. The molecule has 1 amide bonds. The van der Waals surface area contributed by atoms with Crippen molar-refractivity contribution in [2.45, 2.75) is 6.92 Å². The van der Waals surface area contributed by atoms with E-state index in [0.29, 0.717) is 0 Å². The maximum absolute atomic E-state index is 9.58. The van der Waals surface area contributed by atoms with Crippen molar-refractivity contribution >= 4 is 23.1 Å². The van der Waals surface area contributed by atoms with Crippen LogP contribution < -0.4 is 17.0 Å². The first-order valence-electron chi connectivity index (χ1n) is 3.43. The van der Waals surface area contributed by atoms with Gasteiger partial charge in [0.05, 0.1) is 4.88 Å². The standard InChI is InChI=1S/C5H6N2S.C2H6N2O/c6-5(7)4-2-1-3-8-4;1-2(5)4-3/h1-3H,(H3,6,7);3H2,1H3,(H,4,5). The molecule has 0 bridgehead atoms. The van der Waals surface area contributed by atoms with Gasteiger partial charge < -0.3 is 5.73 Å². The average Bonchev–Trinajstić information content (AvgIpc) is 2.57. The lowest BCUT2D eigenvalue weighted by molar-refractivity contribution is -0.119. The van der Waals surface area contributed by atoms with E-state index in [-0.39, 0.29) is 11.7 Å². The third-order valence-corrected chi connectivity index (χ3v) is 1.89. The molecule has 0 unspecified atom stereocenters. The van der Waals surface area contributed by atoms with Gasteiger partial charge in [0.25, 0.3) is 0 Å². The molecule has 1 rings (SSSR count). The summed E-state index contributed by atoms with van der Waals surface area (Å²) in [5.41, 5.74) is 7.04. The molecule has 1 aromatic heterocycles. The van der Waals surface area contributed by atoms with E-state index in [2.05, 4.69) is 5.84 Å². The fourth-order valence-corrected chi connectivity index (χ4v) is 1.02. The van der Waals surface area contributed by atoms with E-state index in [9.17, 15) is 4.79 Å². The second kappa shape index (κ2) is 6.15. The van der Waals surface area contributed by atoms with Gasteiger partial charge in [-0.15, -0.1) is 11.3 Å². The summed E-state index contributed by atoms with van der Waals surface area (Å²) in [5, 5.41) is 8.84. The summed E-state index contributed by atoms with van der Waals surface area (Å²) >= 11 is 1.48. The monoisotopic (exact) mass is 200 g/mol. The van der Waals surface area contributed by atoms with Gasteiger partial charge in [-0.2, -0.15) is 0 Å². The van der Waals surface area contributed by atoms with E-state index >= 15 is 0 Å². The Morgan fingerprint density at radius 1 is 1.69 bits per heavy atom. The third kappa shape index (κ3) is 5.83. The SMILES string of the molecule is CC(=O)NN.N=C(N)c1cccs1. The van der Waals surface area contributed by atoms with Crippen LogP contribution in [0.5, 0.6) is 0 Å². The first-order chi connectivity index (χ1) is 6.07. The molecule has 0 aromatic carbocycles. The molecule has 0 atom stereocenters. The number of hydrazine groups is 1. The van der Waals surface area contributed by atoms with Crippen LogP contribution in [0.4, 0.5) is 0 Å². The molecule has 6 N–H and O–H groups in total. The molecule has 0 spiro atoms. The fourth-order valence-electron chi connectivity index (χ4n) is 0.432. The first-order valence-corrected chi connectivity index (χ1v) is 4.31. The predicted molar refractivity (Wildman–Crippen MR) is 53.3 cm³/mol. The van der Waals surface area contributed by atoms with E-state index in [1.807, 2.05) is 22.9 Å². The van der Waals surface area contributed by atoms with Crippen molar-refractivity contribution in [1.29, 1.82) is 5.41 Å². The molecule has 0 radical (unpaired) electrons. The molecule has 0 aliphatic carbocycles. The summed E-state index contributed by atoms with van der Waals surface area (Å²) in [4.78, 5) is 10.4. The minimum Gasteiger partial charge on any atom is -0.383 e. The Hall–Kier alpha value is -1.40. The Morgan fingerprint density at radius 3 is 2.38 bits per heavy atom. The van der Waals surface area contributed by atoms with Crippen LogP contribution in [-0.2, 0) is 4.79 Å². The number of rotatable bonds is 1. The first kappa shape index (κ1) is 11.6. The number of hydrogen-bond acceptors (Lipinski definition) is 4. The lowest BCUT2D eigenvalue weighted by Gasteiger charge is -1.84. The number of thiophene rings is 1.